The van der Waals surface area contributed by atoms with Crippen molar-refractivity contribution in [3.05, 3.63) is 36.3 Å². The number of thiocarbonyl (C=S) groups is 1. The molecule has 23 heavy (non-hydrogen) atoms. The van der Waals surface area contributed by atoms with Gasteiger partial charge in [0.2, 0.25) is 0 Å². The summed E-state index contributed by atoms with van der Waals surface area (Å²) in [6, 6.07) is 5.22. The smallest absolute Gasteiger partial charge is 0.280 e. The second-order valence-electron chi connectivity index (χ2n) is 5.40. The van der Waals surface area contributed by atoms with Crippen LogP contribution in [0.1, 0.15) is 12.5 Å². The number of hydrogen-bond donors (Lipinski definition) is 2. The third-order valence-corrected chi connectivity index (χ3v) is 4.83. The Morgan fingerprint density at radius 1 is 1.48 bits per heavy atom. The Kier molecular flexibility index (Phi) is 3.99. The van der Waals surface area contributed by atoms with E-state index in [1.54, 1.807) is 29.8 Å². The Morgan fingerprint density at radius 3 is 2.96 bits per heavy atom. The maximum Gasteiger partial charge on any atom is 0.280 e. The number of nitrogens with zero attached hydrogens (tertiary/aromatic N) is 2. The van der Waals surface area contributed by atoms with Crippen LogP contribution in [-0.4, -0.2) is 29.2 Å². The molecule has 3 rings (SSSR count). The van der Waals surface area contributed by atoms with Crippen molar-refractivity contribution in [3.63, 3.8) is 0 Å². The van der Waals surface area contributed by atoms with Crippen LogP contribution in [0, 0.1) is 0 Å². The Labute approximate surface area is 139 Å². The highest BCUT2D eigenvalue weighted by Crippen LogP contribution is 2.26. The third-order valence-electron chi connectivity index (χ3n) is 3.37. The van der Waals surface area contributed by atoms with E-state index >= 15 is 0 Å². The summed E-state index contributed by atoms with van der Waals surface area (Å²) in [7, 11) is -2.00. The molecule has 0 saturated carbocycles. The molecule has 2 heterocycles. The van der Waals surface area contributed by atoms with E-state index in [9.17, 15) is 8.42 Å². The minimum atomic E-state index is -3.71. The zero-order valence-corrected chi connectivity index (χ0v) is 14.2. The average molecular weight is 352 g/mol. The van der Waals surface area contributed by atoms with Crippen LogP contribution in [0.4, 0.5) is 11.4 Å². The summed E-state index contributed by atoms with van der Waals surface area (Å²) in [6.45, 7) is 1.91. The monoisotopic (exact) mass is 352 g/mol. The number of rotatable bonds is 3. The minimum Gasteiger partial charge on any atom is -0.467 e. The molecule has 1 aliphatic heterocycles. The SMILES string of the molecule is CC1Cc2cc(NS(=O)(=O)c3cn(C)cn3)ccc2NC(=S)O1. The molecule has 7 nitrogen and oxygen atoms in total. The summed E-state index contributed by atoms with van der Waals surface area (Å²) in [5, 5.41) is 3.29. The van der Waals surface area contributed by atoms with Gasteiger partial charge in [-0.2, -0.15) is 8.42 Å². The van der Waals surface area contributed by atoms with Crippen LogP contribution in [0.3, 0.4) is 0 Å². The molecule has 0 amide bonds. The van der Waals surface area contributed by atoms with E-state index in [1.165, 1.54) is 12.5 Å². The van der Waals surface area contributed by atoms with Crippen molar-refractivity contribution in [2.24, 2.45) is 7.05 Å². The molecular weight excluding hydrogens is 336 g/mol. The lowest BCUT2D eigenvalue weighted by molar-refractivity contribution is 0.217. The van der Waals surface area contributed by atoms with Gasteiger partial charge < -0.3 is 14.6 Å². The average Bonchev–Trinajstić information content (AvgIpc) is 2.82. The molecule has 0 bridgehead atoms. The molecule has 1 aromatic heterocycles. The van der Waals surface area contributed by atoms with Crippen molar-refractivity contribution in [1.82, 2.24) is 9.55 Å². The van der Waals surface area contributed by atoms with E-state index < -0.39 is 10.0 Å². The van der Waals surface area contributed by atoms with Gasteiger partial charge in [-0.1, -0.05) is 0 Å². The molecule has 0 spiro atoms. The fourth-order valence-electron chi connectivity index (χ4n) is 2.36. The number of imidazole rings is 1. The fourth-order valence-corrected chi connectivity index (χ4v) is 3.66. The van der Waals surface area contributed by atoms with Crippen molar-refractivity contribution >= 4 is 38.8 Å². The third kappa shape index (κ3) is 3.45. The molecule has 1 aromatic carbocycles. The van der Waals surface area contributed by atoms with Crippen molar-refractivity contribution in [2.45, 2.75) is 24.5 Å². The summed E-state index contributed by atoms with van der Waals surface area (Å²) < 4.78 is 34.2. The first-order chi connectivity index (χ1) is 10.8. The van der Waals surface area contributed by atoms with Gasteiger partial charge in [-0.05, 0) is 42.9 Å². The lowest BCUT2D eigenvalue weighted by Crippen LogP contribution is -2.16. The maximum absolute atomic E-state index is 12.3. The number of fused-ring (bicyclic) bond motifs is 1. The van der Waals surface area contributed by atoms with Gasteiger partial charge in [0.15, 0.2) is 5.03 Å². The van der Waals surface area contributed by atoms with Gasteiger partial charge in [0.05, 0.1) is 6.33 Å². The van der Waals surface area contributed by atoms with Crippen LogP contribution in [0.5, 0.6) is 0 Å². The number of aryl methyl sites for hydroxylation is 1. The standard InChI is InChI=1S/C14H16N4O3S2/c1-9-5-10-6-11(3-4-12(10)16-14(22)21-9)17-23(19,20)13-7-18(2)8-15-13/h3-4,6-9,17H,5H2,1-2H3,(H,16,22). The Balaban J connectivity index is 1.89. The second kappa shape index (κ2) is 5.82. The van der Waals surface area contributed by atoms with E-state index in [4.69, 9.17) is 17.0 Å². The van der Waals surface area contributed by atoms with E-state index in [-0.39, 0.29) is 11.1 Å². The van der Waals surface area contributed by atoms with Crippen molar-refractivity contribution in [3.8, 4) is 0 Å². The number of hydrogen-bond acceptors (Lipinski definition) is 5. The van der Waals surface area contributed by atoms with Gasteiger partial charge in [0.1, 0.15) is 6.10 Å². The lowest BCUT2D eigenvalue weighted by Gasteiger charge is -2.11. The van der Waals surface area contributed by atoms with Gasteiger partial charge in [-0.25, -0.2) is 4.98 Å². The number of anilines is 2. The minimum absolute atomic E-state index is 0.0223. The van der Waals surface area contributed by atoms with Crippen molar-refractivity contribution in [2.75, 3.05) is 10.0 Å². The molecular formula is C14H16N4O3S2. The van der Waals surface area contributed by atoms with Gasteiger partial charge >= 0.3 is 0 Å². The zero-order valence-electron chi connectivity index (χ0n) is 12.6. The summed E-state index contributed by atoms with van der Waals surface area (Å²) >= 11 is 5.08. The normalized spacial score (nSPS) is 17.7. The van der Waals surface area contributed by atoms with E-state index in [0.717, 1.165) is 11.3 Å². The molecule has 122 valence electrons. The van der Waals surface area contributed by atoms with Gasteiger partial charge in [-0.15, -0.1) is 0 Å². The molecule has 9 heteroatoms. The van der Waals surface area contributed by atoms with E-state index in [1.807, 2.05) is 6.92 Å². The zero-order chi connectivity index (χ0) is 16.6. The summed E-state index contributed by atoms with van der Waals surface area (Å²) in [6.07, 6.45) is 3.43. The topological polar surface area (TPSA) is 85.2 Å². The first-order valence-electron chi connectivity index (χ1n) is 6.95. The molecule has 1 aliphatic rings. The van der Waals surface area contributed by atoms with Gasteiger partial charge in [0, 0.05) is 31.0 Å². The molecule has 0 radical (unpaired) electrons. The van der Waals surface area contributed by atoms with E-state index in [0.29, 0.717) is 17.3 Å². The second-order valence-corrected chi connectivity index (χ2v) is 7.40. The lowest BCUT2D eigenvalue weighted by atomic mass is 10.1. The first kappa shape index (κ1) is 15.8. The number of ether oxygens (including phenoxy) is 1. The van der Waals surface area contributed by atoms with Crippen LogP contribution >= 0.6 is 12.2 Å². The van der Waals surface area contributed by atoms with Crippen molar-refractivity contribution in [1.29, 1.82) is 0 Å². The number of sulfonamides is 1. The Hall–Kier alpha value is -2.13. The van der Waals surface area contributed by atoms with Gasteiger partial charge in [-0.3, -0.25) is 4.72 Å². The van der Waals surface area contributed by atoms with Crippen molar-refractivity contribution < 1.29 is 13.2 Å². The number of aromatic nitrogens is 2. The highest BCUT2D eigenvalue weighted by Gasteiger charge is 2.20. The molecule has 1 unspecified atom stereocenters. The molecule has 0 fully saturated rings. The quantitative estimate of drug-likeness (QED) is 0.821. The molecule has 0 saturated heterocycles. The van der Waals surface area contributed by atoms with E-state index in [2.05, 4.69) is 15.0 Å². The summed E-state index contributed by atoms with van der Waals surface area (Å²) in [5.74, 6) is 0. The predicted octanol–water partition coefficient (Wildman–Crippen LogP) is 1.88. The highest BCUT2D eigenvalue weighted by molar-refractivity contribution is 7.92. The van der Waals surface area contributed by atoms with Gasteiger partial charge in [0.25, 0.3) is 15.2 Å². The molecule has 1 atom stereocenters. The summed E-state index contributed by atoms with van der Waals surface area (Å²) in [4.78, 5) is 3.87. The van der Waals surface area contributed by atoms with Crippen LogP contribution in [0.15, 0.2) is 35.7 Å². The Morgan fingerprint density at radius 2 is 2.26 bits per heavy atom. The predicted molar refractivity (Wildman–Crippen MR) is 90.9 cm³/mol. The highest BCUT2D eigenvalue weighted by atomic mass is 32.2. The Bertz CT molecular complexity index is 861. The summed E-state index contributed by atoms with van der Waals surface area (Å²) in [5.41, 5.74) is 2.22. The fraction of sp³-hybridized carbons (Fsp3) is 0.286. The number of benzene rings is 1. The molecule has 2 N–H and O–H groups in total. The maximum atomic E-state index is 12.3. The molecule has 0 aliphatic carbocycles. The number of nitrogens with one attached hydrogen (secondary N) is 2. The first-order valence-corrected chi connectivity index (χ1v) is 8.84. The molecule has 2 aromatic rings. The van der Waals surface area contributed by atoms with Crippen LogP contribution in [0.2, 0.25) is 0 Å². The largest absolute Gasteiger partial charge is 0.467 e. The van der Waals surface area contributed by atoms with Crippen LogP contribution in [-0.2, 0) is 28.2 Å². The van der Waals surface area contributed by atoms with Crippen LogP contribution < -0.4 is 10.0 Å². The van der Waals surface area contributed by atoms with Crippen LogP contribution in [0.25, 0.3) is 0 Å².